The molecule has 5 nitrogen and oxygen atoms in total. The number of carbonyl (C=O) groups is 1. The predicted molar refractivity (Wildman–Crippen MR) is 99.4 cm³/mol. The van der Waals surface area contributed by atoms with Crippen LogP contribution in [0, 0.1) is 6.92 Å². The first-order chi connectivity index (χ1) is 12.1. The number of halogens is 1. The molecule has 0 N–H and O–H groups in total. The Morgan fingerprint density at radius 1 is 1.20 bits per heavy atom. The van der Waals surface area contributed by atoms with Crippen molar-refractivity contribution in [3.63, 3.8) is 0 Å². The summed E-state index contributed by atoms with van der Waals surface area (Å²) in [6.45, 7) is 5.90. The van der Waals surface area contributed by atoms with E-state index in [1.807, 2.05) is 42.5 Å². The number of rotatable bonds is 5. The minimum absolute atomic E-state index is 0.137. The summed E-state index contributed by atoms with van der Waals surface area (Å²) < 4.78 is 1.63. The standard InChI is InChI=1S/C19H17ClN4O/c1-3-13-23(16-7-5-4-6-8-16)19(25)18-21-14(2)24(22-18)17-11-9-15(20)10-12-17/h3-12H,1,13H2,2H3. The Balaban J connectivity index is 1.95. The molecule has 1 amide bonds. The second kappa shape index (κ2) is 7.32. The Hall–Kier alpha value is -2.92. The number of hydrogen-bond donors (Lipinski definition) is 0. The smallest absolute Gasteiger partial charge is 0.298 e. The lowest BCUT2D eigenvalue weighted by Gasteiger charge is -2.19. The molecule has 0 saturated carbocycles. The summed E-state index contributed by atoms with van der Waals surface area (Å²) in [6.07, 6.45) is 1.67. The maximum absolute atomic E-state index is 12.9. The minimum atomic E-state index is -0.276. The van der Waals surface area contributed by atoms with E-state index in [-0.39, 0.29) is 11.7 Å². The number of nitrogens with zero attached hydrogens (tertiary/aromatic N) is 4. The second-order valence-electron chi connectivity index (χ2n) is 5.41. The van der Waals surface area contributed by atoms with Crippen molar-refractivity contribution in [2.45, 2.75) is 6.92 Å². The van der Waals surface area contributed by atoms with Crippen LogP contribution in [0.2, 0.25) is 5.02 Å². The van der Waals surface area contributed by atoms with Crippen molar-refractivity contribution in [2.24, 2.45) is 0 Å². The zero-order valence-corrected chi connectivity index (χ0v) is 14.5. The fourth-order valence-electron chi connectivity index (χ4n) is 2.47. The van der Waals surface area contributed by atoms with E-state index in [0.29, 0.717) is 17.4 Å². The van der Waals surface area contributed by atoms with E-state index in [1.54, 1.807) is 34.7 Å². The van der Waals surface area contributed by atoms with Crippen LogP contribution in [0.3, 0.4) is 0 Å². The van der Waals surface area contributed by atoms with E-state index >= 15 is 0 Å². The highest BCUT2D eigenvalue weighted by molar-refractivity contribution is 6.30. The van der Waals surface area contributed by atoms with Gasteiger partial charge in [-0.05, 0) is 43.3 Å². The zero-order chi connectivity index (χ0) is 17.8. The van der Waals surface area contributed by atoms with Crippen LogP contribution in [0.25, 0.3) is 5.69 Å². The van der Waals surface area contributed by atoms with Crippen molar-refractivity contribution in [3.8, 4) is 5.69 Å². The molecular formula is C19H17ClN4O. The summed E-state index contributed by atoms with van der Waals surface area (Å²) in [5.41, 5.74) is 1.57. The van der Waals surface area contributed by atoms with Gasteiger partial charge in [-0.25, -0.2) is 9.67 Å². The van der Waals surface area contributed by atoms with Crippen LogP contribution in [0.4, 0.5) is 5.69 Å². The van der Waals surface area contributed by atoms with E-state index in [1.165, 1.54) is 0 Å². The third kappa shape index (κ3) is 3.61. The monoisotopic (exact) mass is 352 g/mol. The van der Waals surface area contributed by atoms with Gasteiger partial charge in [-0.15, -0.1) is 11.7 Å². The van der Waals surface area contributed by atoms with Gasteiger partial charge in [-0.3, -0.25) is 4.79 Å². The predicted octanol–water partition coefficient (Wildman–Crippen LogP) is 4.06. The third-order valence-corrected chi connectivity index (χ3v) is 3.91. The molecule has 0 radical (unpaired) electrons. The number of aromatic nitrogens is 3. The highest BCUT2D eigenvalue weighted by Crippen LogP contribution is 2.18. The largest absolute Gasteiger partial charge is 0.302 e. The van der Waals surface area contributed by atoms with Gasteiger partial charge < -0.3 is 4.90 Å². The molecule has 1 aromatic heterocycles. The van der Waals surface area contributed by atoms with Gasteiger partial charge in [-0.1, -0.05) is 35.9 Å². The van der Waals surface area contributed by atoms with Crippen molar-refractivity contribution in [2.75, 3.05) is 11.4 Å². The normalized spacial score (nSPS) is 10.5. The van der Waals surface area contributed by atoms with Gasteiger partial charge in [0.2, 0.25) is 5.82 Å². The highest BCUT2D eigenvalue weighted by atomic mass is 35.5. The van der Waals surface area contributed by atoms with Crippen molar-refractivity contribution >= 4 is 23.2 Å². The zero-order valence-electron chi connectivity index (χ0n) is 13.8. The lowest BCUT2D eigenvalue weighted by atomic mass is 10.2. The first-order valence-corrected chi connectivity index (χ1v) is 8.15. The summed E-state index contributed by atoms with van der Waals surface area (Å²) in [7, 11) is 0. The molecular weight excluding hydrogens is 336 g/mol. The van der Waals surface area contributed by atoms with Gasteiger partial charge in [0.25, 0.3) is 5.91 Å². The Labute approximate surface area is 151 Å². The van der Waals surface area contributed by atoms with Crippen molar-refractivity contribution in [1.82, 2.24) is 14.8 Å². The number of benzene rings is 2. The average Bonchev–Trinajstić information content (AvgIpc) is 3.02. The van der Waals surface area contributed by atoms with Gasteiger partial charge in [0.15, 0.2) is 0 Å². The summed E-state index contributed by atoms with van der Waals surface area (Å²) in [6, 6.07) is 16.6. The lowest BCUT2D eigenvalue weighted by molar-refractivity contribution is 0.0980. The molecule has 1 heterocycles. The highest BCUT2D eigenvalue weighted by Gasteiger charge is 2.22. The molecule has 25 heavy (non-hydrogen) atoms. The quantitative estimate of drug-likeness (QED) is 0.650. The van der Waals surface area contributed by atoms with Crippen LogP contribution in [0.5, 0.6) is 0 Å². The van der Waals surface area contributed by atoms with Crippen molar-refractivity contribution < 1.29 is 4.79 Å². The number of hydrogen-bond acceptors (Lipinski definition) is 3. The van der Waals surface area contributed by atoms with E-state index in [4.69, 9.17) is 11.6 Å². The number of para-hydroxylation sites is 1. The molecule has 0 aliphatic carbocycles. The second-order valence-corrected chi connectivity index (χ2v) is 5.85. The molecule has 0 spiro atoms. The molecule has 3 rings (SSSR count). The van der Waals surface area contributed by atoms with Gasteiger partial charge in [-0.2, -0.15) is 0 Å². The topological polar surface area (TPSA) is 51.0 Å². The van der Waals surface area contributed by atoms with Gasteiger partial charge in [0, 0.05) is 17.3 Å². The van der Waals surface area contributed by atoms with E-state index in [9.17, 15) is 4.79 Å². The van der Waals surface area contributed by atoms with Crippen LogP contribution in [0.15, 0.2) is 67.3 Å². The number of anilines is 1. The number of amides is 1. The van der Waals surface area contributed by atoms with Crippen LogP contribution in [-0.4, -0.2) is 27.2 Å². The fourth-order valence-corrected chi connectivity index (χ4v) is 2.60. The summed E-state index contributed by atoms with van der Waals surface area (Å²) >= 11 is 5.92. The maximum Gasteiger partial charge on any atom is 0.298 e. The lowest BCUT2D eigenvalue weighted by Crippen LogP contribution is -2.32. The van der Waals surface area contributed by atoms with E-state index in [0.717, 1.165) is 11.4 Å². The first kappa shape index (κ1) is 16.9. The molecule has 2 aromatic carbocycles. The number of carbonyl (C=O) groups excluding carboxylic acids is 1. The molecule has 6 heteroatoms. The van der Waals surface area contributed by atoms with Crippen LogP contribution in [0.1, 0.15) is 16.4 Å². The van der Waals surface area contributed by atoms with Crippen LogP contribution < -0.4 is 4.90 Å². The molecule has 0 saturated heterocycles. The first-order valence-electron chi connectivity index (χ1n) is 7.77. The average molecular weight is 353 g/mol. The Morgan fingerprint density at radius 3 is 2.52 bits per heavy atom. The number of aryl methyl sites for hydroxylation is 1. The van der Waals surface area contributed by atoms with Crippen LogP contribution in [-0.2, 0) is 0 Å². The van der Waals surface area contributed by atoms with Crippen molar-refractivity contribution in [1.29, 1.82) is 0 Å². The SMILES string of the molecule is C=CCN(C(=O)c1nc(C)n(-c2ccc(Cl)cc2)n1)c1ccccc1. The molecule has 0 aliphatic heterocycles. The molecule has 0 atom stereocenters. The van der Waals surface area contributed by atoms with Crippen LogP contribution >= 0.6 is 11.6 Å². The molecule has 0 unspecified atom stereocenters. The maximum atomic E-state index is 12.9. The molecule has 3 aromatic rings. The third-order valence-electron chi connectivity index (χ3n) is 3.66. The summed E-state index contributed by atoms with van der Waals surface area (Å²) in [5, 5.41) is 5.01. The molecule has 0 fully saturated rings. The van der Waals surface area contributed by atoms with E-state index < -0.39 is 0 Å². The fraction of sp³-hybridized carbons (Fsp3) is 0.105. The van der Waals surface area contributed by atoms with Gasteiger partial charge >= 0.3 is 0 Å². The summed E-state index contributed by atoms with van der Waals surface area (Å²) in [5.74, 6) is 0.484. The Bertz CT molecular complexity index is 888. The molecule has 126 valence electrons. The molecule has 0 bridgehead atoms. The van der Waals surface area contributed by atoms with Gasteiger partial charge in [0.1, 0.15) is 5.82 Å². The summed E-state index contributed by atoms with van der Waals surface area (Å²) in [4.78, 5) is 18.8. The molecule has 0 aliphatic rings. The van der Waals surface area contributed by atoms with E-state index in [2.05, 4.69) is 16.7 Å². The van der Waals surface area contributed by atoms with Gasteiger partial charge in [0.05, 0.1) is 5.69 Å². The van der Waals surface area contributed by atoms with Crippen molar-refractivity contribution in [3.05, 3.63) is 83.9 Å². The Kier molecular flexibility index (Phi) is 4.95. The Morgan fingerprint density at radius 2 is 1.88 bits per heavy atom. The minimum Gasteiger partial charge on any atom is -0.302 e.